The van der Waals surface area contributed by atoms with Crippen LogP contribution in [0.3, 0.4) is 0 Å². The molecule has 1 aromatic rings. The highest BCUT2D eigenvalue weighted by Crippen LogP contribution is 2.21. The number of hydrogen-bond donors (Lipinski definition) is 2. The maximum atomic E-state index is 13.8. The fourth-order valence-electron chi connectivity index (χ4n) is 2.91. The van der Waals surface area contributed by atoms with Gasteiger partial charge >= 0.3 is 6.09 Å². The molecular weight excluding hydrogens is 375 g/mol. The molecule has 1 aliphatic carbocycles. The van der Waals surface area contributed by atoms with E-state index in [1.54, 1.807) is 12.1 Å². The molecule has 24 heavy (non-hydrogen) atoms. The Bertz CT molecular complexity index is 575. The van der Waals surface area contributed by atoms with Gasteiger partial charge in [-0.15, -0.1) is 0 Å². The van der Waals surface area contributed by atoms with E-state index in [0.717, 1.165) is 30.2 Å². The summed E-state index contributed by atoms with van der Waals surface area (Å²) in [5.41, 5.74) is 0.154. The van der Waals surface area contributed by atoms with Gasteiger partial charge in [-0.05, 0) is 64.7 Å². The first kappa shape index (κ1) is 19.2. The van der Waals surface area contributed by atoms with Crippen molar-refractivity contribution in [2.75, 3.05) is 0 Å². The van der Waals surface area contributed by atoms with Gasteiger partial charge in [0.05, 0.1) is 0 Å². The fraction of sp³-hybridized carbons (Fsp3) is 0.611. The molecule has 0 aromatic heterocycles. The summed E-state index contributed by atoms with van der Waals surface area (Å²) in [6.45, 7) is 6.04. The minimum Gasteiger partial charge on any atom is -0.444 e. The molecule has 0 saturated heterocycles. The summed E-state index contributed by atoms with van der Waals surface area (Å²) in [4.78, 5) is 11.9. The van der Waals surface area contributed by atoms with Gasteiger partial charge in [0.1, 0.15) is 11.4 Å². The Balaban J connectivity index is 1.82. The quantitative estimate of drug-likeness (QED) is 0.781. The number of carbonyl (C=O) groups excluding carboxylic acids is 1. The summed E-state index contributed by atoms with van der Waals surface area (Å²) in [6.07, 6.45) is 3.46. The summed E-state index contributed by atoms with van der Waals surface area (Å²) in [5.74, 6) is -0.204. The maximum Gasteiger partial charge on any atom is 0.407 e. The van der Waals surface area contributed by atoms with E-state index in [0.29, 0.717) is 12.1 Å². The van der Waals surface area contributed by atoms with E-state index in [1.165, 1.54) is 6.07 Å². The second kappa shape index (κ2) is 8.30. The van der Waals surface area contributed by atoms with Crippen molar-refractivity contribution in [3.63, 3.8) is 0 Å². The van der Waals surface area contributed by atoms with Crippen molar-refractivity contribution in [1.82, 2.24) is 10.6 Å². The SMILES string of the molecule is CC(C)(C)OC(=O)NC1CCCC(NCc2cc(Br)ccc2F)C1. The zero-order chi connectivity index (χ0) is 17.7. The molecule has 1 saturated carbocycles. The maximum absolute atomic E-state index is 13.8. The van der Waals surface area contributed by atoms with Crippen molar-refractivity contribution < 1.29 is 13.9 Å². The average Bonchev–Trinajstić information content (AvgIpc) is 2.46. The van der Waals surface area contributed by atoms with Crippen LogP contribution in [-0.2, 0) is 11.3 Å². The van der Waals surface area contributed by atoms with Gasteiger partial charge in [0, 0.05) is 28.7 Å². The third-order valence-corrected chi connectivity index (χ3v) is 4.48. The number of alkyl carbamates (subject to hydrolysis) is 1. The van der Waals surface area contributed by atoms with E-state index in [4.69, 9.17) is 4.74 Å². The standard InChI is InChI=1S/C18H26BrFN2O2/c1-18(2,3)24-17(23)22-15-6-4-5-14(10-15)21-11-12-9-13(19)7-8-16(12)20/h7-9,14-15,21H,4-6,10-11H2,1-3H3,(H,22,23). The molecule has 2 N–H and O–H groups in total. The molecule has 0 radical (unpaired) electrons. The Morgan fingerprint density at radius 2 is 2.04 bits per heavy atom. The zero-order valence-corrected chi connectivity index (χ0v) is 16.1. The first-order valence-corrected chi connectivity index (χ1v) is 9.19. The van der Waals surface area contributed by atoms with Crippen molar-refractivity contribution in [3.8, 4) is 0 Å². The highest BCUT2D eigenvalue weighted by molar-refractivity contribution is 9.10. The second-order valence-electron chi connectivity index (χ2n) is 7.32. The van der Waals surface area contributed by atoms with Crippen LogP contribution in [0, 0.1) is 5.82 Å². The van der Waals surface area contributed by atoms with Crippen LogP contribution in [0.4, 0.5) is 9.18 Å². The number of carbonyl (C=O) groups is 1. The molecule has 4 nitrogen and oxygen atoms in total. The summed E-state index contributed by atoms with van der Waals surface area (Å²) in [7, 11) is 0. The van der Waals surface area contributed by atoms with Crippen molar-refractivity contribution in [3.05, 3.63) is 34.1 Å². The summed E-state index contributed by atoms with van der Waals surface area (Å²) < 4.78 is 20.0. The van der Waals surface area contributed by atoms with Gasteiger partial charge < -0.3 is 15.4 Å². The third kappa shape index (κ3) is 6.40. The van der Waals surface area contributed by atoms with E-state index in [-0.39, 0.29) is 24.0 Å². The van der Waals surface area contributed by atoms with Crippen molar-refractivity contribution in [2.24, 2.45) is 0 Å². The van der Waals surface area contributed by atoms with Gasteiger partial charge in [0.25, 0.3) is 0 Å². The Morgan fingerprint density at radius 1 is 1.33 bits per heavy atom. The zero-order valence-electron chi connectivity index (χ0n) is 14.5. The number of benzene rings is 1. The van der Waals surface area contributed by atoms with Crippen LogP contribution < -0.4 is 10.6 Å². The second-order valence-corrected chi connectivity index (χ2v) is 8.24. The molecule has 0 spiro atoms. The van der Waals surface area contributed by atoms with Gasteiger partial charge in [0.15, 0.2) is 0 Å². The summed E-state index contributed by atoms with van der Waals surface area (Å²) in [5, 5.41) is 6.35. The third-order valence-electron chi connectivity index (χ3n) is 3.98. The molecular formula is C18H26BrFN2O2. The van der Waals surface area contributed by atoms with E-state index in [1.807, 2.05) is 20.8 Å². The lowest BCUT2D eigenvalue weighted by Gasteiger charge is -2.31. The monoisotopic (exact) mass is 400 g/mol. The van der Waals surface area contributed by atoms with Crippen LogP contribution in [0.25, 0.3) is 0 Å². The Morgan fingerprint density at radius 3 is 2.75 bits per heavy atom. The summed E-state index contributed by atoms with van der Waals surface area (Å²) >= 11 is 3.37. The van der Waals surface area contributed by atoms with E-state index < -0.39 is 5.60 Å². The average molecular weight is 401 g/mol. The Labute approximate surface area is 151 Å². The van der Waals surface area contributed by atoms with Gasteiger partial charge in [-0.2, -0.15) is 0 Å². The Hall–Kier alpha value is -1.14. The van der Waals surface area contributed by atoms with Gasteiger partial charge in [0.2, 0.25) is 0 Å². The smallest absolute Gasteiger partial charge is 0.407 e. The topological polar surface area (TPSA) is 50.4 Å². The lowest BCUT2D eigenvalue weighted by molar-refractivity contribution is 0.0488. The first-order chi connectivity index (χ1) is 11.2. The van der Waals surface area contributed by atoms with Crippen LogP contribution in [-0.4, -0.2) is 23.8 Å². The molecule has 1 aliphatic rings. The van der Waals surface area contributed by atoms with Crippen LogP contribution in [0.5, 0.6) is 0 Å². The predicted molar refractivity (Wildman–Crippen MR) is 96.4 cm³/mol. The molecule has 1 amide bonds. The minimum atomic E-state index is -0.491. The molecule has 2 rings (SSSR count). The van der Waals surface area contributed by atoms with Gasteiger partial charge in [-0.25, -0.2) is 9.18 Å². The Kier molecular flexibility index (Phi) is 6.63. The van der Waals surface area contributed by atoms with Gasteiger partial charge in [-0.3, -0.25) is 0 Å². The number of halogens is 2. The van der Waals surface area contributed by atoms with Crippen LogP contribution in [0.15, 0.2) is 22.7 Å². The van der Waals surface area contributed by atoms with Crippen molar-refractivity contribution >= 4 is 22.0 Å². The number of nitrogens with one attached hydrogen (secondary N) is 2. The molecule has 0 heterocycles. The molecule has 1 aromatic carbocycles. The fourth-order valence-corrected chi connectivity index (χ4v) is 3.32. The van der Waals surface area contributed by atoms with Crippen LogP contribution in [0.1, 0.15) is 52.0 Å². The van der Waals surface area contributed by atoms with E-state index >= 15 is 0 Å². The highest BCUT2D eigenvalue weighted by Gasteiger charge is 2.25. The molecule has 6 heteroatoms. The molecule has 2 atom stereocenters. The number of amides is 1. The van der Waals surface area contributed by atoms with Gasteiger partial charge in [-0.1, -0.05) is 15.9 Å². The molecule has 1 fully saturated rings. The number of ether oxygens (including phenoxy) is 1. The summed E-state index contributed by atoms with van der Waals surface area (Å²) in [6, 6.07) is 5.31. The van der Waals surface area contributed by atoms with Crippen molar-refractivity contribution in [1.29, 1.82) is 0 Å². The van der Waals surface area contributed by atoms with E-state index in [2.05, 4.69) is 26.6 Å². The van der Waals surface area contributed by atoms with Crippen LogP contribution >= 0.6 is 15.9 Å². The molecule has 2 unspecified atom stereocenters. The molecule has 0 bridgehead atoms. The predicted octanol–water partition coefficient (Wildman–Crippen LogP) is 4.51. The molecule has 134 valence electrons. The normalized spacial score (nSPS) is 21.4. The van der Waals surface area contributed by atoms with Crippen molar-refractivity contribution in [2.45, 2.75) is 70.7 Å². The molecule has 0 aliphatic heterocycles. The van der Waals surface area contributed by atoms with E-state index in [9.17, 15) is 9.18 Å². The minimum absolute atomic E-state index is 0.0958. The lowest BCUT2D eigenvalue weighted by Crippen LogP contribution is -2.45. The largest absolute Gasteiger partial charge is 0.444 e. The van der Waals surface area contributed by atoms with Crippen LogP contribution in [0.2, 0.25) is 0 Å². The first-order valence-electron chi connectivity index (χ1n) is 8.40. The lowest BCUT2D eigenvalue weighted by atomic mass is 9.91. The highest BCUT2D eigenvalue weighted by atomic mass is 79.9. The number of hydrogen-bond acceptors (Lipinski definition) is 3. The number of rotatable bonds is 4.